The zero-order valence-electron chi connectivity index (χ0n) is 11.1. The third-order valence-corrected chi connectivity index (χ3v) is 3.38. The molecule has 0 radical (unpaired) electrons. The molecular formula is C14H22N4. The molecule has 1 aromatic carbocycles. The van der Waals surface area contributed by atoms with Gasteiger partial charge in [0, 0.05) is 19.3 Å². The van der Waals surface area contributed by atoms with Crippen molar-refractivity contribution in [2.24, 2.45) is 11.6 Å². The second-order valence-electron chi connectivity index (χ2n) is 5.12. The van der Waals surface area contributed by atoms with Gasteiger partial charge in [-0.3, -0.25) is 0 Å². The number of benzene rings is 1. The highest BCUT2D eigenvalue weighted by atomic mass is 15.4. The SMILES string of the molecule is CC(C)c1ccc(/C(N)=C/N(N)C2CNC2)cc1. The predicted molar refractivity (Wildman–Crippen MR) is 75.4 cm³/mol. The Hall–Kier alpha value is -1.52. The average molecular weight is 246 g/mol. The van der Waals surface area contributed by atoms with Gasteiger partial charge in [0.2, 0.25) is 0 Å². The first-order chi connectivity index (χ1) is 8.58. The number of nitrogens with two attached hydrogens (primary N) is 2. The topological polar surface area (TPSA) is 67.3 Å². The Labute approximate surface area is 109 Å². The van der Waals surface area contributed by atoms with E-state index in [9.17, 15) is 0 Å². The Bertz CT molecular complexity index is 418. The van der Waals surface area contributed by atoms with Crippen LogP contribution in [0.15, 0.2) is 30.5 Å². The van der Waals surface area contributed by atoms with Gasteiger partial charge in [-0.2, -0.15) is 0 Å². The van der Waals surface area contributed by atoms with E-state index in [1.54, 1.807) is 5.01 Å². The lowest BCUT2D eigenvalue weighted by molar-refractivity contribution is 0.210. The summed E-state index contributed by atoms with van der Waals surface area (Å²) >= 11 is 0. The van der Waals surface area contributed by atoms with Gasteiger partial charge in [0.05, 0.1) is 11.7 Å². The number of hydrazine groups is 1. The lowest BCUT2D eigenvalue weighted by Gasteiger charge is -2.34. The molecule has 4 heteroatoms. The molecule has 98 valence electrons. The van der Waals surface area contributed by atoms with E-state index in [1.807, 2.05) is 18.3 Å². The monoisotopic (exact) mass is 246 g/mol. The average Bonchev–Trinajstić information content (AvgIpc) is 2.26. The van der Waals surface area contributed by atoms with Crippen LogP contribution < -0.4 is 16.9 Å². The second kappa shape index (κ2) is 5.42. The molecule has 0 unspecified atom stereocenters. The molecule has 0 aromatic heterocycles. The summed E-state index contributed by atoms with van der Waals surface area (Å²) in [6.07, 6.45) is 1.82. The third-order valence-electron chi connectivity index (χ3n) is 3.38. The van der Waals surface area contributed by atoms with Crippen LogP contribution in [0.5, 0.6) is 0 Å². The van der Waals surface area contributed by atoms with E-state index in [2.05, 4.69) is 31.3 Å². The van der Waals surface area contributed by atoms with Crippen molar-refractivity contribution >= 4 is 5.70 Å². The van der Waals surface area contributed by atoms with Gasteiger partial charge in [-0.15, -0.1) is 0 Å². The minimum Gasteiger partial charge on any atom is -0.397 e. The van der Waals surface area contributed by atoms with Gasteiger partial charge in [0.15, 0.2) is 0 Å². The molecule has 1 heterocycles. The summed E-state index contributed by atoms with van der Waals surface area (Å²) in [6.45, 7) is 6.21. The maximum absolute atomic E-state index is 6.06. The molecule has 1 aromatic rings. The van der Waals surface area contributed by atoms with Crippen LogP contribution in [0.1, 0.15) is 30.9 Å². The van der Waals surface area contributed by atoms with Crippen molar-refractivity contribution in [3.05, 3.63) is 41.6 Å². The number of nitrogens with zero attached hydrogens (tertiary/aromatic N) is 1. The van der Waals surface area contributed by atoms with Crippen molar-refractivity contribution in [2.75, 3.05) is 13.1 Å². The van der Waals surface area contributed by atoms with Gasteiger partial charge in [-0.25, -0.2) is 5.84 Å². The smallest absolute Gasteiger partial charge is 0.0695 e. The highest BCUT2D eigenvalue weighted by molar-refractivity contribution is 5.62. The summed E-state index contributed by atoms with van der Waals surface area (Å²) in [4.78, 5) is 0. The zero-order chi connectivity index (χ0) is 13.1. The van der Waals surface area contributed by atoms with Crippen LogP contribution in [0.4, 0.5) is 0 Å². The molecule has 0 aliphatic carbocycles. The van der Waals surface area contributed by atoms with Crippen molar-refractivity contribution < 1.29 is 0 Å². The maximum atomic E-state index is 6.06. The minimum atomic E-state index is 0.360. The maximum Gasteiger partial charge on any atom is 0.0695 e. The molecule has 2 rings (SSSR count). The molecule has 0 spiro atoms. The first-order valence-electron chi connectivity index (χ1n) is 6.39. The molecule has 5 N–H and O–H groups in total. The summed E-state index contributed by atoms with van der Waals surface area (Å²) in [7, 11) is 0. The molecule has 1 aliphatic heterocycles. The number of hydrogen-bond acceptors (Lipinski definition) is 4. The van der Waals surface area contributed by atoms with Gasteiger partial charge in [-0.1, -0.05) is 38.1 Å². The normalized spacial score (nSPS) is 16.8. The summed E-state index contributed by atoms with van der Waals surface area (Å²) in [6, 6.07) is 8.69. The van der Waals surface area contributed by atoms with Crippen LogP contribution >= 0.6 is 0 Å². The number of hydrogen-bond donors (Lipinski definition) is 3. The molecule has 0 bridgehead atoms. The van der Waals surface area contributed by atoms with Crippen molar-refractivity contribution in [1.29, 1.82) is 0 Å². The van der Waals surface area contributed by atoms with Crippen LogP contribution in [-0.2, 0) is 0 Å². The van der Waals surface area contributed by atoms with Crippen LogP contribution in [0.3, 0.4) is 0 Å². The number of rotatable bonds is 4. The van der Waals surface area contributed by atoms with Gasteiger partial charge < -0.3 is 16.1 Å². The molecule has 0 amide bonds. The van der Waals surface area contributed by atoms with Gasteiger partial charge in [-0.05, 0) is 17.0 Å². The first-order valence-corrected chi connectivity index (χ1v) is 6.39. The van der Waals surface area contributed by atoms with Crippen molar-refractivity contribution in [1.82, 2.24) is 10.3 Å². The highest BCUT2D eigenvalue weighted by Gasteiger charge is 2.20. The molecule has 18 heavy (non-hydrogen) atoms. The molecule has 1 saturated heterocycles. The molecular weight excluding hydrogens is 224 g/mol. The Morgan fingerprint density at radius 2 is 1.94 bits per heavy atom. The van der Waals surface area contributed by atoms with E-state index in [-0.39, 0.29) is 0 Å². The molecule has 4 nitrogen and oxygen atoms in total. The summed E-state index contributed by atoms with van der Waals surface area (Å²) in [5, 5.41) is 4.88. The predicted octanol–water partition coefficient (Wildman–Crippen LogP) is 1.21. The third kappa shape index (κ3) is 2.83. The fourth-order valence-electron chi connectivity index (χ4n) is 1.89. The Morgan fingerprint density at radius 3 is 2.39 bits per heavy atom. The minimum absolute atomic E-state index is 0.360. The van der Waals surface area contributed by atoms with E-state index < -0.39 is 0 Å². The van der Waals surface area contributed by atoms with E-state index in [0.29, 0.717) is 17.7 Å². The van der Waals surface area contributed by atoms with Gasteiger partial charge in [0.25, 0.3) is 0 Å². The number of nitrogens with one attached hydrogen (secondary N) is 1. The molecule has 0 atom stereocenters. The summed E-state index contributed by atoms with van der Waals surface area (Å²) in [5.74, 6) is 6.47. The molecule has 1 aliphatic rings. The van der Waals surface area contributed by atoms with E-state index >= 15 is 0 Å². The Kier molecular flexibility index (Phi) is 3.89. The van der Waals surface area contributed by atoms with Crippen LogP contribution in [0.25, 0.3) is 5.70 Å². The van der Waals surface area contributed by atoms with Crippen molar-refractivity contribution in [2.45, 2.75) is 25.8 Å². The van der Waals surface area contributed by atoms with Crippen molar-refractivity contribution in [3.63, 3.8) is 0 Å². The van der Waals surface area contributed by atoms with Crippen LogP contribution in [0, 0.1) is 0 Å². The fourth-order valence-corrected chi connectivity index (χ4v) is 1.89. The molecule has 1 fully saturated rings. The van der Waals surface area contributed by atoms with Gasteiger partial charge >= 0.3 is 0 Å². The molecule has 0 saturated carbocycles. The Balaban J connectivity index is 2.07. The van der Waals surface area contributed by atoms with E-state index in [4.69, 9.17) is 11.6 Å². The van der Waals surface area contributed by atoms with E-state index in [0.717, 1.165) is 18.7 Å². The fraction of sp³-hybridized carbons (Fsp3) is 0.429. The van der Waals surface area contributed by atoms with Crippen LogP contribution in [-0.4, -0.2) is 24.1 Å². The lowest BCUT2D eigenvalue weighted by Crippen LogP contribution is -2.57. The zero-order valence-corrected chi connectivity index (χ0v) is 11.1. The van der Waals surface area contributed by atoms with Gasteiger partial charge in [0.1, 0.15) is 0 Å². The van der Waals surface area contributed by atoms with Crippen LogP contribution in [0.2, 0.25) is 0 Å². The highest BCUT2D eigenvalue weighted by Crippen LogP contribution is 2.17. The standard InChI is InChI=1S/C14H22N4/c1-10(2)11-3-5-12(6-4-11)14(15)9-18(16)13-7-17-8-13/h3-6,9-10,13,17H,7-8,15-16H2,1-2H3/b14-9-. The lowest BCUT2D eigenvalue weighted by atomic mass is 10.0. The first kappa shape index (κ1) is 12.9. The Morgan fingerprint density at radius 1 is 1.33 bits per heavy atom. The second-order valence-corrected chi connectivity index (χ2v) is 5.12. The van der Waals surface area contributed by atoms with Crippen molar-refractivity contribution in [3.8, 4) is 0 Å². The van der Waals surface area contributed by atoms with E-state index in [1.165, 1.54) is 5.56 Å². The quantitative estimate of drug-likeness (QED) is 0.552. The summed E-state index contributed by atoms with van der Waals surface area (Å²) in [5.41, 5.74) is 9.10. The summed E-state index contributed by atoms with van der Waals surface area (Å²) < 4.78 is 0. The largest absolute Gasteiger partial charge is 0.397 e.